The van der Waals surface area contributed by atoms with E-state index < -0.39 is 0 Å². The van der Waals surface area contributed by atoms with E-state index in [1.807, 2.05) is 12.1 Å². The molecule has 3 N–H and O–H groups in total. The first-order valence-electron chi connectivity index (χ1n) is 4.61. The molecule has 1 rings (SSSR count). The first-order valence-corrected chi connectivity index (χ1v) is 6.99. The van der Waals surface area contributed by atoms with Gasteiger partial charge in [-0.2, -0.15) is 0 Å². The standard InChI is InChI=1S/C10H11Br3N2O/c1-5(4-14)10(16)15-9-7(12)2-6(11)3-8(9)13/h2-3,5H,4,14H2,1H3,(H,15,16). The van der Waals surface area contributed by atoms with E-state index in [1.54, 1.807) is 6.92 Å². The lowest BCUT2D eigenvalue weighted by Crippen LogP contribution is -2.26. The monoisotopic (exact) mass is 412 g/mol. The van der Waals surface area contributed by atoms with Gasteiger partial charge in [-0.1, -0.05) is 22.9 Å². The second-order valence-corrected chi connectivity index (χ2v) is 5.99. The molecule has 1 unspecified atom stereocenters. The van der Waals surface area contributed by atoms with Gasteiger partial charge in [-0.15, -0.1) is 0 Å². The number of carbonyl (C=O) groups excluding carboxylic acids is 1. The van der Waals surface area contributed by atoms with Crippen LogP contribution in [0.1, 0.15) is 6.92 Å². The molecule has 1 atom stereocenters. The number of hydrogen-bond acceptors (Lipinski definition) is 2. The molecule has 1 amide bonds. The zero-order valence-corrected chi connectivity index (χ0v) is 13.3. The normalized spacial score (nSPS) is 12.3. The summed E-state index contributed by atoms with van der Waals surface area (Å²) in [5.74, 6) is -0.298. The van der Waals surface area contributed by atoms with Crippen LogP contribution in [0.3, 0.4) is 0 Å². The Hall–Kier alpha value is 0.0900. The number of carbonyl (C=O) groups is 1. The molecule has 0 aliphatic rings. The van der Waals surface area contributed by atoms with E-state index in [2.05, 4.69) is 53.1 Å². The topological polar surface area (TPSA) is 55.1 Å². The molecular weight excluding hydrogens is 404 g/mol. The fraction of sp³-hybridized carbons (Fsp3) is 0.300. The molecule has 3 nitrogen and oxygen atoms in total. The summed E-state index contributed by atoms with van der Waals surface area (Å²) in [7, 11) is 0. The summed E-state index contributed by atoms with van der Waals surface area (Å²) in [5, 5.41) is 2.82. The maximum Gasteiger partial charge on any atom is 0.228 e. The van der Waals surface area contributed by atoms with Gasteiger partial charge in [-0.25, -0.2) is 0 Å². The van der Waals surface area contributed by atoms with Gasteiger partial charge >= 0.3 is 0 Å². The van der Waals surface area contributed by atoms with Crippen LogP contribution in [-0.2, 0) is 4.79 Å². The van der Waals surface area contributed by atoms with Gasteiger partial charge in [0.1, 0.15) is 0 Å². The smallest absolute Gasteiger partial charge is 0.228 e. The SMILES string of the molecule is CC(CN)C(=O)Nc1c(Br)cc(Br)cc1Br. The Morgan fingerprint density at radius 3 is 2.31 bits per heavy atom. The first kappa shape index (κ1) is 14.2. The zero-order chi connectivity index (χ0) is 12.3. The summed E-state index contributed by atoms with van der Waals surface area (Å²) in [4.78, 5) is 11.7. The third kappa shape index (κ3) is 3.55. The lowest BCUT2D eigenvalue weighted by Gasteiger charge is -2.13. The van der Waals surface area contributed by atoms with E-state index in [9.17, 15) is 4.79 Å². The van der Waals surface area contributed by atoms with Gasteiger partial charge in [0, 0.05) is 25.9 Å². The van der Waals surface area contributed by atoms with E-state index in [4.69, 9.17) is 5.73 Å². The Morgan fingerprint density at radius 2 is 1.88 bits per heavy atom. The largest absolute Gasteiger partial charge is 0.330 e. The summed E-state index contributed by atoms with van der Waals surface area (Å²) in [6.45, 7) is 2.12. The Bertz CT molecular complexity index is 386. The minimum atomic E-state index is -0.206. The van der Waals surface area contributed by atoms with Crippen molar-refractivity contribution in [1.82, 2.24) is 0 Å². The van der Waals surface area contributed by atoms with Crippen molar-refractivity contribution in [3.63, 3.8) is 0 Å². The quantitative estimate of drug-likeness (QED) is 0.795. The molecule has 0 radical (unpaired) electrons. The molecule has 0 aromatic heterocycles. The van der Waals surface area contributed by atoms with Crippen molar-refractivity contribution in [2.45, 2.75) is 6.92 Å². The third-order valence-corrected chi connectivity index (χ3v) is 3.76. The molecule has 0 bridgehead atoms. The average Bonchev–Trinajstić information content (AvgIpc) is 2.21. The molecule has 16 heavy (non-hydrogen) atoms. The van der Waals surface area contributed by atoms with Gasteiger partial charge in [-0.3, -0.25) is 4.79 Å². The molecular formula is C10H11Br3N2O. The molecule has 1 aromatic carbocycles. The van der Waals surface area contributed by atoms with Crippen molar-refractivity contribution in [1.29, 1.82) is 0 Å². The molecule has 0 saturated heterocycles. The minimum absolute atomic E-state index is 0.0915. The number of anilines is 1. The van der Waals surface area contributed by atoms with Crippen LogP contribution in [0.5, 0.6) is 0 Å². The number of rotatable bonds is 3. The van der Waals surface area contributed by atoms with Crippen LogP contribution < -0.4 is 11.1 Å². The number of halogens is 3. The molecule has 0 aliphatic carbocycles. The van der Waals surface area contributed by atoms with Gasteiger partial charge in [0.2, 0.25) is 5.91 Å². The van der Waals surface area contributed by atoms with Crippen molar-refractivity contribution in [3.05, 3.63) is 25.6 Å². The predicted octanol–water partition coefficient (Wildman–Crippen LogP) is 3.51. The predicted molar refractivity (Wildman–Crippen MR) is 76.4 cm³/mol. The maximum atomic E-state index is 11.7. The molecule has 6 heteroatoms. The van der Waals surface area contributed by atoms with Crippen LogP contribution in [0.4, 0.5) is 5.69 Å². The van der Waals surface area contributed by atoms with Crippen LogP contribution in [-0.4, -0.2) is 12.5 Å². The van der Waals surface area contributed by atoms with E-state index in [-0.39, 0.29) is 11.8 Å². The van der Waals surface area contributed by atoms with E-state index in [0.717, 1.165) is 13.4 Å². The minimum Gasteiger partial charge on any atom is -0.330 e. The Morgan fingerprint density at radius 1 is 1.38 bits per heavy atom. The van der Waals surface area contributed by atoms with Gasteiger partial charge in [0.05, 0.1) is 5.69 Å². The molecule has 88 valence electrons. The number of nitrogens with two attached hydrogens (primary N) is 1. The second-order valence-electron chi connectivity index (χ2n) is 3.37. The van der Waals surface area contributed by atoms with Crippen LogP contribution in [0, 0.1) is 5.92 Å². The molecule has 0 fully saturated rings. The summed E-state index contributed by atoms with van der Waals surface area (Å²) < 4.78 is 2.55. The summed E-state index contributed by atoms with van der Waals surface area (Å²) in [6.07, 6.45) is 0. The molecule has 0 saturated carbocycles. The van der Waals surface area contributed by atoms with E-state index in [1.165, 1.54) is 0 Å². The van der Waals surface area contributed by atoms with E-state index in [0.29, 0.717) is 12.2 Å². The van der Waals surface area contributed by atoms with Crippen LogP contribution >= 0.6 is 47.8 Å². The molecule has 0 aliphatic heterocycles. The van der Waals surface area contributed by atoms with Crippen molar-refractivity contribution in [3.8, 4) is 0 Å². The van der Waals surface area contributed by atoms with Crippen molar-refractivity contribution in [2.24, 2.45) is 11.7 Å². The number of nitrogens with one attached hydrogen (secondary N) is 1. The highest BCUT2D eigenvalue weighted by atomic mass is 79.9. The Balaban J connectivity index is 2.93. The van der Waals surface area contributed by atoms with E-state index >= 15 is 0 Å². The first-order chi connectivity index (χ1) is 7.45. The van der Waals surface area contributed by atoms with Crippen molar-refractivity contribution < 1.29 is 4.79 Å². The Kier molecular flexibility index (Phi) is 5.43. The van der Waals surface area contributed by atoms with Crippen LogP contribution in [0.15, 0.2) is 25.6 Å². The zero-order valence-electron chi connectivity index (χ0n) is 8.56. The number of amides is 1. The fourth-order valence-electron chi connectivity index (χ4n) is 1.02. The Labute approximate surface area is 120 Å². The molecule has 0 spiro atoms. The summed E-state index contributed by atoms with van der Waals surface area (Å²) >= 11 is 10.1. The van der Waals surface area contributed by atoms with Crippen LogP contribution in [0.2, 0.25) is 0 Å². The lowest BCUT2D eigenvalue weighted by molar-refractivity contribution is -0.119. The maximum absolute atomic E-state index is 11.7. The third-order valence-electron chi connectivity index (χ3n) is 2.06. The van der Waals surface area contributed by atoms with Crippen molar-refractivity contribution in [2.75, 3.05) is 11.9 Å². The van der Waals surface area contributed by atoms with Gasteiger partial charge < -0.3 is 11.1 Å². The highest BCUT2D eigenvalue weighted by Gasteiger charge is 2.14. The van der Waals surface area contributed by atoms with Crippen molar-refractivity contribution >= 4 is 59.4 Å². The molecule has 0 heterocycles. The van der Waals surface area contributed by atoms with Gasteiger partial charge in [0.15, 0.2) is 0 Å². The lowest BCUT2D eigenvalue weighted by atomic mass is 10.1. The fourth-order valence-corrected chi connectivity index (χ4v) is 3.47. The highest BCUT2D eigenvalue weighted by Crippen LogP contribution is 2.34. The average molecular weight is 415 g/mol. The van der Waals surface area contributed by atoms with Gasteiger partial charge in [-0.05, 0) is 44.0 Å². The molecule has 1 aromatic rings. The highest BCUT2D eigenvalue weighted by molar-refractivity contribution is 9.11. The number of benzene rings is 1. The van der Waals surface area contributed by atoms with Gasteiger partial charge in [0.25, 0.3) is 0 Å². The second kappa shape index (κ2) is 6.14. The summed E-state index contributed by atoms with van der Waals surface area (Å²) in [5.41, 5.74) is 6.15. The summed E-state index contributed by atoms with van der Waals surface area (Å²) in [6, 6.07) is 3.74. The van der Waals surface area contributed by atoms with Crippen LogP contribution in [0.25, 0.3) is 0 Å². The number of hydrogen-bond donors (Lipinski definition) is 2.